The minimum absolute atomic E-state index is 0.271. The van der Waals surface area contributed by atoms with Crippen LogP contribution >= 0.6 is 11.6 Å². The zero-order valence-corrected chi connectivity index (χ0v) is 16.7. The van der Waals surface area contributed by atoms with Crippen LogP contribution in [0.3, 0.4) is 0 Å². The summed E-state index contributed by atoms with van der Waals surface area (Å²) in [5.41, 5.74) is 8.70. The summed E-state index contributed by atoms with van der Waals surface area (Å²) < 4.78 is 7.00. The van der Waals surface area contributed by atoms with Gasteiger partial charge in [-0.15, -0.1) is 5.10 Å². The van der Waals surface area contributed by atoms with Crippen LogP contribution in [0.15, 0.2) is 30.3 Å². The largest absolute Gasteiger partial charge is 0.494 e. The number of nitrogen functional groups attached to an aromatic ring is 1. The van der Waals surface area contributed by atoms with Crippen LogP contribution in [0.5, 0.6) is 5.75 Å². The zero-order valence-electron chi connectivity index (χ0n) is 16.0. The second-order valence-electron chi connectivity index (χ2n) is 7.09. The highest BCUT2D eigenvalue weighted by atomic mass is 35.5. The van der Waals surface area contributed by atoms with Crippen LogP contribution in [0.4, 0.5) is 11.8 Å². The molecule has 29 heavy (non-hydrogen) atoms. The van der Waals surface area contributed by atoms with E-state index in [1.54, 1.807) is 11.6 Å². The van der Waals surface area contributed by atoms with E-state index < -0.39 is 0 Å². The highest BCUT2D eigenvalue weighted by Gasteiger charge is 2.21. The molecule has 1 aliphatic rings. The lowest BCUT2D eigenvalue weighted by Crippen LogP contribution is -2.25. The van der Waals surface area contributed by atoms with E-state index in [4.69, 9.17) is 27.1 Å². The van der Waals surface area contributed by atoms with E-state index in [9.17, 15) is 0 Å². The van der Waals surface area contributed by atoms with Gasteiger partial charge in [0.05, 0.1) is 13.7 Å². The monoisotopic (exact) mass is 409 g/mol. The average Bonchev–Trinajstić information content (AvgIpc) is 3.06. The Morgan fingerprint density at radius 3 is 2.90 bits per heavy atom. The Bertz CT molecular complexity index is 1220. The first kappa shape index (κ1) is 17.9. The maximum Gasteiger partial charge on any atom is 0.223 e. The smallest absolute Gasteiger partial charge is 0.223 e. The van der Waals surface area contributed by atoms with Gasteiger partial charge < -0.3 is 15.4 Å². The number of hydrogen-bond acceptors (Lipinski definition) is 7. The van der Waals surface area contributed by atoms with Crippen LogP contribution < -0.4 is 15.4 Å². The number of nitrogens with zero attached hydrogens (tertiary/aromatic N) is 6. The molecule has 0 bridgehead atoms. The molecule has 0 aliphatic carbocycles. The van der Waals surface area contributed by atoms with Crippen molar-refractivity contribution in [2.45, 2.75) is 25.8 Å². The van der Waals surface area contributed by atoms with Gasteiger partial charge in [-0.1, -0.05) is 23.7 Å². The molecule has 1 aromatic carbocycles. The van der Waals surface area contributed by atoms with Crippen LogP contribution in [-0.4, -0.2) is 38.2 Å². The van der Waals surface area contributed by atoms with Gasteiger partial charge in [0.25, 0.3) is 0 Å². The van der Waals surface area contributed by atoms with Crippen molar-refractivity contribution in [3.05, 3.63) is 46.9 Å². The summed E-state index contributed by atoms with van der Waals surface area (Å²) in [6.07, 6.45) is 3.19. The fourth-order valence-electron chi connectivity index (χ4n) is 3.87. The van der Waals surface area contributed by atoms with Crippen molar-refractivity contribution in [2.24, 2.45) is 0 Å². The molecular weight excluding hydrogens is 390 g/mol. The van der Waals surface area contributed by atoms with Crippen molar-refractivity contribution in [1.82, 2.24) is 24.6 Å². The maximum atomic E-state index is 6.17. The number of nitrogens with two attached hydrogens (primary N) is 1. The number of hydrogen-bond donors (Lipinski definition) is 1. The molecule has 0 atom stereocenters. The van der Waals surface area contributed by atoms with E-state index in [1.807, 2.05) is 24.3 Å². The molecule has 4 aromatic rings. The van der Waals surface area contributed by atoms with E-state index in [0.717, 1.165) is 37.0 Å². The summed E-state index contributed by atoms with van der Waals surface area (Å²) in [5, 5.41) is 5.95. The molecule has 2 N–H and O–H groups in total. The number of aromatic nitrogens is 5. The number of ether oxygens (including phenoxy) is 1. The van der Waals surface area contributed by atoms with Gasteiger partial charge in [-0.3, -0.25) is 0 Å². The van der Waals surface area contributed by atoms with Gasteiger partial charge in [0, 0.05) is 11.9 Å². The first-order chi connectivity index (χ1) is 14.1. The fourth-order valence-corrected chi connectivity index (χ4v) is 4.02. The summed E-state index contributed by atoms with van der Waals surface area (Å²) in [5.74, 6) is 2.49. The quantitative estimate of drug-likeness (QED) is 0.519. The summed E-state index contributed by atoms with van der Waals surface area (Å²) in [4.78, 5) is 16.0. The van der Waals surface area contributed by atoms with Gasteiger partial charge in [0.2, 0.25) is 5.95 Å². The zero-order chi connectivity index (χ0) is 20.0. The molecule has 9 heteroatoms. The third-order valence-corrected chi connectivity index (χ3v) is 5.44. The van der Waals surface area contributed by atoms with E-state index >= 15 is 0 Å². The lowest BCUT2D eigenvalue weighted by atomic mass is 10.1. The molecule has 0 spiro atoms. The Hall–Kier alpha value is -3.13. The van der Waals surface area contributed by atoms with Crippen molar-refractivity contribution in [2.75, 3.05) is 24.3 Å². The fraction of sp³-hybridized carbons (Fsp3) is 0.300. The van der Waals surface area contributed by atoms with E-state index in [1.165, 1.54) is 5.56 Å². The van der Waals surface area contributed by atoms with Gasteiger partial charge in [0.15, 0.2) is 11.5 Å². The number of rotatable bonds is 3. The van der Waals surface area contributed by atoms with Crippen molar-refractivity contribution in [1.29, 1.82) is 0 Å². The molecule has 0 radical (unpaired) electrons. The Kier molecular flexibility index (Phi) is 4.35. The number of aryl methyl sites for hydroxylation is 1. The second kappa shape index (κ2) is 7.04. The average molecular weight is 410 g/mol. The number of para-hydroxylation sites is 1. The first-order valence-corrected chi connectivity index (χ1v) is 9.90. The predicted molar refractivity (Wildman–Crippen MR) is 112 cm³/mol. The Balaban J connectivity index is 1.59. The molecule has 0 amide bonds. The topological polar surface area (TPSA) is 94.5 Å². The minimum atomic E-state index is 0.271. The van der Waals surface area contributed by atoms with E-state index in [2.05, 4.69) is 26.0 Å². The molecule has 1 aliphatic heterocycles. The van der Waals surface area contributed by atoms with Crippen molar-refractivity contribution in [3.8, 4) is 5.75 Å². The van der Waals surface area contributed by atoms with Crippen molar-refractivity contribution >= 4 is 39.9 Å². The summed E-state index contributed by atoms with van der Waals surface area (Å²) in [7, 11) is 1.61. The summed E-state index contributed by atoms with van der Waals surface area (Å²) >= 11 is 6.17. The molecule has 0 saturated carbocycles. The predicted octanol–water partition coefficient (Wildman–Crippen LogP) is 3.26. The highest BCUT2D eigenvalue weighted by Crippen LogP contribution is 2.29. The van der Waals surface area contributed by atoms with Crippen LogP contribution in [0, 0.1) is 0 Å². The van der Waals surface area contributed by atoms with Gasteiger partial charge in [0.1, 0.15) is 22.2 Å². The van der Waals surface area contributed by atoms with E-state index in [-0.39, 0.29) is 5.95 Å². The summed E-state index contributed by atoms with van der Waals surface area (Å²) in [6, 6.07) is 9.61. The molecule has 0 saturated heterocycles. The molecule has 8 nitrogen and oxygen atoms in total. The molecule has 5 rings (SSSR count). The highest BCUT2D eigenvalue weighted by molar-refractivity contribution is 6.29. The number of benzene rings is 1. The summed E-state index contributed by atoms with van der Waals surface area (Å²) in [6.45, 7) is 1.39. The lowest BCUT2D eigenvalue weighted by Gasteiger charge is -2.22. The first-order valence-electron chi connectivity index (χ1n) is 9.52. The van der Waals surface area contributed by atoms with Crippen LogP contribution in [-0.2, 0) is 13.0 Å². The molecule has 148 valence electrons. The molecule has 0 unspecified atom stereocenters. The Morgan fingerprint density at radius 2 is 2.03 bits per heavy atom. The number of anilines is 2. The molecule has 0 fully saturated rings. The SMILES string of the molecule is COc1cccc2c1nc(N)n1nc(CN3CCCCc4ccc(Cl)nc43)nc21. The second-order valence-corrected chi connectivity index (χ2v) is 7.47. The van der Waals surface area contributed by atoms with Crippen LogP contribution in [0.1, 0.15) is 24.2 Å². The van der Waals surface area contributed by atoms with Gasteiger partial charge in [-0.2, -0.15) is 4.52 Å². The Labute approximate surface area is 172 Å². The third-order valence-electron chi connectivity index (χ3n) is 5.23. The molecule has 4 heterocycles. The van der Waals surface area contributed by atoms with Gasteiger partial charge >= 0.3 is 0 Å². The number of halogens is 1. The molecule has 3 aromatic heterocycles. The lowest BCUT2D eigenvalue weighted by molar-refractivity contribution is 0.419. The van der Waals surface area contributed by atoms with Crippen molar-refractivity contribution in [3.63, 3.8) is 0 Å². The van der Waals surface area contributed by atoms with Crippen molar-refractivity contribution < 1.29 is 4.74 Å². The minimum Gasteiger partial charge on any atom is -0.494 e. The number of methoxy groups -OCH3 is 1. The number of fused-ring (bicyclic) bond motifs is 4. The number of pyridine rings is 1. The molecular formula is C20H20ClN7O. The Morgan fingerprint density at radius 1 is 1.14 bits per heavy atom. The van der Waals surface area contributed by atoms with Crippen LogP contribution in [0.25, 0.3) is 16.6 Å². The van der Waals surface area contributed by atoms with E-state index in [0.29, 0.717) is 34.4 Å². The van der Waals surface area contributed by atoms with Gasteiger partial charge in [-0.25, -0.2) is 15.0 Å². The normalized spacial score (nSPS) is 14.2. The van der Waals surface area contributed by atoms with Crippen LogP contribution in [0.2, 0.25) is 5.15 Å². The third kappa shape index (κ3) is 3.09. The maximum absolute atomic E-state index is 6.17. The van der Waals surface area contributed by atoms with Gasteiger partial charge in [-0.05, 0) is 43.0 Å². The standard InChI is InChI=1S/C20H20ClN7O/c1-29-14-7-4-6-13-17(14)25-20(22)28-19(13)24-16(26-28)11-27-10-3-2-5-12-8-9-15(21)23-18(12)27/h4,6-9H,2-3,5,10-11H2,1H3,(H2,22,25).